The molecule has 0 aliphatic heterocycles. The summed E-state index contributed by atoms with van der Waals surface area (Å²) in [5.41, 5.74) is 2.78. The first-order chi connectivity index (χ1) is 12.1. The molecule has 130 valence electrons. The average Bonchev–Trinajstić information content (AvgIpc) is 2.65. The van der Waals surface area contributed by atoms with Gasteiger partial charge in [0.2, 0.25) is 0 Å². The Morgan fingerprint density at radius 2 is 1.76 bits per heavy atom. The van der Waals surface area contributed by atoms with E-state index in [4.69, 9.17) is 4.74 Å². The van der Waals surface area contributed by atoms with Crippen molar-refractivity contribution in [3.05, 3.63) is 65.7 Å². The first-order valence-electron chi connectivity index (χ1n) is 7.98. The molecule has 4 nitrogen and oxygen atoms in total. The number of benzene rings is 2. The molecule has 0 unspecified atom stereocenters. The van der Waals surface area contributed by atoms with E-state index in [9.17, 15) is 9.59 Å². The molecule has 0 fully saturated rings. The number of aryl methyl sites for hydroxylation is 1. The van der Waals surface area contributed by atoms with Crippen molar-refractivity contribution in [1.82, 2.24) is 0 Å². The van der Waals surface area contributed by atoms with Gasteiger partial charge < -0.3 is 10.1 Å². The Morgan fingerprint density at radius 1 is 1.08 bits per heavy atom. The molecule has 0 saturated carbocycles. The van der Waals surface area contributed by atoms with Crippen molar-refractivity contribution in [3.63, 3.8) is 0 Å². The lowest BCUT2D eigenvalue weighted by molar-refractivity contribution is -0.142. The van der Waals surface area contributed by atoms with Crippen LogP contribution in [0.2, 0.25) is 0 Å². The van der Waals surface area contributed by atoms with E-state index in [-0.39, 0.29) is 12.5 Å². The zero-order valence-corrected chi connectivity index (χ0v) is 15.1. The van der Waals surface area contributed by atoms with Crippen LogP contribution in [0.15, 0.2) is 59.5 Å². The molecule has 0 aliphatic carbocycles. The Bertz CT molecular complexity index is 737. The van der Waals surface area contributed by atoms with Gasteiger partial charge in [-0.05, 0) is 54.1 Å². The van der Waals surface area contributed by atoms with Crippen LogP contribution in [-0.4, -0.2) is 24.7 Å². The van der Waals surface area contributed by atoms with Crippen molar-refractivity contribution in [1.29, 1.82) is 0 Å². The molecule has 0 aromatic heterocycles. The van der Waals surface area contributed by atoms with Gasteiger partial charge in [0, 0.05) is 16.7 Å². The fourth-order valence-electron chi connectivity index (χ4n) is 2.08. The van der Waals surface area contributed by atoms with Crippen LogP contribution in [0.25, 0.3) is 6.08 Å². The summed E-state index contributed by atoms with van der Waals surface area (Å²) in [7, 11) is 0. The number of anilines is 1. The molecule has 0 spiro atoms. The maximum Gasteiger partial charge on any atom is 0.331 e. The smallest absolute Gasteiger partial charge is 0.331 e. The lowest BCUT2D eigenvalue weighted by atomic mass is 10.1. The van der Waals surface area contributed by atoms with Gasteiger partial charge in [0.25, 0.3) is 5.91 Å². The molecule has 0 bridgehead atoms. The molecule has 1 N–H and O–H groups in total. The largest absolute Gasteiger partial charge is 0.452 e. The van der Waals surface area contributed by atoms with Crippen LogP contribution >= 0.6 is 11.8 Å². The van der Waals surface area contributed by atoms with E-state index >= 15 is 0 Å². The molecular weight excluding hydrogens is 334 g/mol. The molecule has 5 heteroatoms. The van der Waals surface area contributed by atoms with Crippen molar-refractivity contribution in [3.8, 4) is 0 Å². The maximum absolute atomic E-state index is 11.8. The van der Waals surface area contributed by atoms with Gasteiger partial charge in [0.05, 0.1) is 0 Å². The molecule has 25 heavy (non-hydrogen) atoms. The first-order valence-corrected chi connectivity index (χ1v) is 9.21. The van der Waals surface area contributed by atoms with E-state index in [1.165, 1.54) is 11.6 Å². The Balaban J connectivity index is 1.77. The summed E-state index contributed by atoms with van der Waals surface area (Å²) in [5, 5.41) is 2.69. The third-order valence-electron chi connectivity index (χ3n) is 3.52. The third-order valence-corrected chi connectivity index (χ3v) is 4.26. The zero-order chi connectivity index (χ0) is 18.1. The van der Waals surface area contributed by atoms with E-state index in [0.29, 0.717) is 5.69 Å². The number of esters is 1. The molecule has 0 aliphatic rings. The molecular formula is C20H21NO3S. The number of hydrogen-bond donors (Lipinski definition) is 1. The fraction of sp³-hybridized carbons (Fsp3) is 0.200. The SMILES string of the molecule is CCc1ccc(NC(=O)COC(=O)/C=C/c2ccc(SC)cc2)cc1. The minimum absolute atomic E-state index is 0.315. The number of ether oxygens (including phenoxy) is 1. The molecule has 0 atom stereocenters. The van der Waals surface area contributed by atoms with Crippen LogP contribution in [0, 0.1) is 0 Å². The Labute approximate surface area is 152 Å². The van der Waals surface area contributed by atoms with Crippen molar-refractivity contribution >= 4 is 35.4 Å². The topological polar surface area (TPSA) is 55.4 Å². The van der Waals surface area contributed by atoms with Crippen LogP contribution in [0.4, 0.5) is 5.69 Å². The minimum atomic E-state index is -0.551. The Kier molecular flexibility index (Phi) is 7.29. The number of carbonyl (C=O) groups excluding carboxylic acids is 2. The fourth-order valence-corrected chi connectivity index (χ4v) is 2.49. The summed E-state index contributed by atoms with van der Waals surface area (Å²) in [4.78, 5) is 24.6. The minimum Gasteiger partial charge on any atom is -0.452 e. The summed E-state index contributed by atoms with van der Waals surface area (Å²) >= 11 is 1.66. The summed E-state index contributed by atoms with van der Waals surface area (Å²) in [6, 6.07) is 15.4. The van der Waals surface area contributed by atoms with E-state index < -0.39 is 5.97 Å². The second-order valence-electron chi connectivity index (χ2n) is 5.31. The third kappa shape index (κ3) is 6.47. The second-order valence-corrected chi connectivity index (χ2v) is 6.19. The van der Waals surface area contributed by atoms with Crippen molar-refractivity contribution < 1.29 is 14.3 Å². The van der Waals surface area contributed by atoms with Crippen LogP contribution in [0.1, 0.15) is 18.1 Å². The number of rotatable bonds is 7. The highest BCUT2D eigenvalue weighted by atomic mass is 32.2. The van der Waals surface area contributed by atoms with E-state index in [2.05, 4.69) is 12.2 Å². The highest BCUT2D eigenvalue weighted by molar-refractivity contribution is 7.98. The van der Waals surface area contributed by atoms with E-state index in [1.807, 2.05) is 54.8 Å². The van der Waals surface area contributed by atoms with Gasteiger partial charge >= 0.3 is 5.97 Å². The van der Waals surface area contributed by atoms with E-state index in [0.717, 1.165) is 16.9 Å². The van der Waals surface area contributed by atoms with Gasteiger partial charge in [-0.3, -0.25) is 4.79 Å². The number of nitrogens with one attached hydrogen (secondary N) is 1. The molecule has 1 amide bonds. The predicted molar refractivity (Wildman–Crippen MR) is 103 cm³/mol. The Hall–Kier alpha value is -2.53. The normalized spacial score (nSPS) is 10.6. The Morgan fingerprint density at radius 3 is 2.36 bits per heavy atom. The molecule has 2 aromatic rings. The molecule has 0 radical (unpaired) electrons. The van der Waals surface area contributed by atoms with Gasteiger partial charge in [-0.15, -0.1) is 11.8 Å². The van der Waals surface area contributed by atoms with Crippen molar-refractivity contribution in [2.24, 2.45) is 0 Å². The van der Waals surface area contributed by atoms with Crippen LogP contribution < -0.4 is 5.32 Å². The zero-order valence-electron chi connectivity index (χ0n) is 14.3. The lowest BCUT2D eigenvalue weighted by Gasteiger charge is -2.06. The summed E-state index contributed by atoms with van der Waals surface area (Å²) in [6.07, 6.45) is 5.93. The lowest BCUT2D eigenvalue weighted by Crippen LogP contribution is -2.20. The van der Waals surface area contributed by atoms with Gasteiger partial charge in [0.1, 0.15) is 0 Å². The number of amides is 1. The predicted octanol–water partition coefficient (Wildman–Crippen LogP) is 4.17. The number of hydrogen-bond acceptors (Lipinski definition) is 4. The number of carbonyl (C=O) groups is 2. The standard InChI is InChI=1S/C20H21NO3S/c1-3-15-4-9-17(10-5-15)21-19(22)14-24-20(23)13-8-16-6-11-18(25-2)12-7-16/h4-13H,3,14H2,1-2H3,(H,21,22)/b13-8+. The second kappa shape index (κ2) is 9.69. The quantitative estimate of drug-likeness (QED) is 0.460. The average molecular weight is 355 g/mol. The van der Waals surface area contributed by atoms with E-state index in [1.54, 1.807) is 17.8 Å². The monoisotopic (exact) mass is 355 g/mol. The molecule has 0 saturated heterocycles. The summed E-state index contributed by atoms with van der Waals surface area (Å²) in [5.74, 6) is -0.916. The number of thioether (sulfide) groups is 1. The van der Waals surface area contributed by atoms with Gasteiger partial charge in [-0.25, -0.2) is 4.79 Å². The highest BCUT2D eigenvalue weighted by Gasteiger charge is 2.05. The highest BCUT2D eigenvalue weighted by Crippen LogP contribution is 2.15. The van der Waals surface area contributed by atoms with Crippen LogP contribution in [-0.2, 0) is 20.7 Å². The van der Waals surface area contributed by atoms with Crippen molar-refractivity contribution in [2.75, 3.05) is 18.2 Å². The molecule has 0 heterocycles. The van der Waals surface area contributed by atoms with Crippen LogP contribution in [0.3, 0.4) is 0 Å². The van der Waals surface area contributed by atoms with Gasteiger partial charge in [-0.1, -0.05) is 31.2 Å². The van der Waals surface area contributed by atoms with Crippen LogP contribution in [0.5, 0.6) is 0 Å². The summed E-state index contributed by atoms with van der Waals surface area (Å²) in [6.45, 7) is 1.75. The van der Waals surface area contributed by atoms with Crippen molar-refractivity contribution in [2.45, 2.75) is 18.2 Å². The molecule has 2 aromatic carbocycles. The van der Waals surface area contributed by atoms with Gasteiger partial charge in [0.15, 0.2) is 6.61 Å². The first kappa shape index (κ1) is 18.8. The molecule has 2 rings (SSSR count). The van der Waals surface area contributed by atoms with Gasteiger partial charge in [-0.2, -0.15) is 0 Å². The maximum atomic E-state index is 11.8. The summed E-state index contributed by atoms with van der Waals surface area (Å²) < 4.78 is 4.95.